The molecule has 0 aliphatic heterocycles. The zero-order valence-electron chi connectivity index (χ0n) is 15.5. The maximum absolute atomic E-state index is 14.0. The topological polar surface area (TPSA) is 0 Å². The Kier molecular flexibility index (Phi) is 6.78. The van der Waals surface area contributed by atoms with E-state index in [0.29, 0.717) is 0 Å². The molecule has 0 aliphatic carbocycles. The van der Waals surface area contributed by atoms with E-state index in [9.17, 15) is 4.39 Å². The Morgan fingerprint density at radius 3 is 1.36 bits per heavy atom. The van der Waals surface area contributed by atoms with Crippen molar-refractivity contribution >= 4 is 40.2 Å². The SMILES string of the molecule is Br.Fc1cccc(C[PH](c2ccccc2)(c2ccccc2)c2ccccc2)c1. The van der Waals surface area contributed by atoms with Gasteiger partial charge in [-0.2, -0.15) is 0 Å². The van der Waals surface area contributed by atoms with Crippen LogP contribution in [0.5, 0.6) is 0 Å². The summed E-state index contributed by atoms with van der Waals surface area (Å²) in [4.78, 5) is 0. The van der Waals surface area contributed by atoms with Crippen molar-refractivity contribution in [2.75, 3.05) is 0 Å². The van der Waals surface area contributed by atoms with Crippen LogP contribution < -0.4 is 15.9 Å². The average Bonchev–Trinajstić information content (AvgIpc) is 2.74. The third-order valence-corrected chi connectivity index (χ3v) is 10.1. The molecule has 142 valence electrons. The summed E-state index contributed by atoms with van der Waals surface area (Å²) in [6.07, 6.45) is 0.822. The fraction of sp³-hybridized carbons (Fsp3) is 0.0400. The van der Waals surface area contributed by atoms with Gasteiger partial charge in [0.1, 0.15) is 0 Å². The first-order valence-electron chi connectivity index (χ1n) is 9.20. The van der Waals surface area contributed by atoms with E-state index < -0.39 is 7.26 Å². The summed E-state index contributed by atoms with van der Waals surface area (Å²) in [6, 6.07) is 39.2. The first-order valence-corrected chi connectivity index (χ1v) is 11.4. The van der Waals surface area contributed by atoms with Crippen LogP contribution in [-0.4, -0.2) is 0 Å². The molecule has 0 fully saturated rings. The molecule has 0 nitrogen and oxygen atoms in total. The summed E-state index contributed by atoms with van der Waals surface area (Å²) in [5, 5.41) is 4.02. The normalized spacial score (nSPS) is 11.5. The van der Waals surface area contributed by atoms with Gasteiger partial charge in [0.25, 0.3) is 0 Å². The van der Waals surface area contributed by atoms with Crippen LogP contribution in [0.15, 0.2) is 115 Å². The van der Waals surface area contributed by atoms with E-state index in [1.165, 1.54) is 22.0 Å². The van der Waals surface area contributed by atoms with E-state index in [1.54, 1.807) is 6.07 Å². The predicted molar refractivity (Wildman–Crippen MR) is 127 cm³/mol. The van der Waals surface area contributed by atoms with Crippen LogP contribution in [-0.2, 0) is 6.16 Å². The molecule has 4 aromatic rings. The summed E-state index contributed by atoms with van der Waals surface area (Å²) in [6.45, 7) is 0. The Labute approximate surface area is 177 Å². The maximum atomic E-state index is 14.0. The predicted octanol–water partition coefficient (Wildman–Crippen LogP) is 5.63. The van der Waals surface area contributed by atoms with E-state index in [4.69, 9.17) is 0 Å². The molecule has 0 atom stereocenters. The van der Waals surface area contributed by atoms with Crippen molar-refractivity contribution in [3.8, 4) is 0 Å². The Hall–Kier alpha value is -2.28. The van der Waals surface area contributed by atoms with Crippen molar-refractivity contribution in [3.63, 3.8) is 0 Å². The summed E-state index contributed by atoms with van der Waals surface area (Å²) in [5.41, 5.74) is 1.04. The molecule has 0 radical (unpaired) electrons. The van der Waals surface area contributed by atoms with Gasteiger partial charge in [-0.05, 0) is 0 Å². The molecule has 0 saturated heterocycles. The van der Waals surface area contributed by atoms with Gasteiger partial charge in [0.05, 0.1) is 0 Å². The average molecular weight is 453 g/mol. The van der Waals surface area contributed by atoms with Crippen molar-refractivity contribution in [1.82, 2.24) is 0 Å². The van der Waals surface area contributed by atoms with Gasteiger partial charge in [0.2, 0.25) is 0 Å². The van der Waals surface area contributed by atoms with E-state index >= 15 is 0 Å². The molecule has 4 rings (SSSR count). The zero-order valence-corrected chi connectivity index (χ0v) is 18.2. The molecule has 0 aromatic heterocycles. The molecule has 3 heteroatoms. The molecule has 28 heavy (non-hydrogen) atoms. The molecule has 0 N–H and O–H groups in total. The first-order chi connectivity index (χ1) is 13.3. The summed E-state index contributed by atoms with van der Waals surface area (Å²) in [5.74, 6) is -0.176. The molecule has 4 aromatic carbocycles. The van der Waals surface area contributed by atoms with Crippen molar-refractivity contribution in [3.05, 3.63) is 127 Å². The molecule has 0 aliphatic rings. The fourth-order valence-electron chi connectivity index (χ4n) is 3.93. The van der Waals surface area contributed by atoms with Gasteiger partial charge in [0.15, 0.2) is 0 Å². The number of hydrogen-bond acceptors (Lipinski definition) is 0. The number of benzene rings is 4. The molecule has 0 bridgehead atoms. The van der Waals surface area contributed by atoms with E-state index in [0.717, 1.165) is 11.7 Å². The van der Waals surface area contributed by atoms with Gasteiger partial charge in [-0.25, -0.2) is 0 Å². The van der Waals surface area contributed by atoms with E-state index in [1.807, 2.05) is 12.1 Å². The van der Waals surface area contributed by atoms with Crippen LogP contribution in [0.25, 0.3) is 0 Å². The van der Waals surface area contributed by atoms with Crippen molar-refractivity contribution in [1.29, 1.82) is 0 Å². The van der Waals surface area contributed by atoms with Crippen LogP contribution >= 0.6 is 24.2 Å². The van der Waals surface area contributed by atoms with E-state index in [2.05, 4.69) is 91.0 Å². The van der Waals surface area contributed by atoms with E-state index in [-0.39, 0.29) is 22.8 Å². The Bertz CT molecular complexity index is 907. The van der Waals surface area contributed by atoms with Gasteiger partial charge in [0, 0.05) is 0 Å². The van der Waals surface area contributed by atoms with Crippen LogP contribution in [0.4, 0.5) is 4.39 Å². The number of rotatable bonds is 5. The molecule has 0 unspecified atom stereocenters. The minimum atomic E-state index is -2.35. The fourth-order valence-corrected chi connectivity index (χ4v) is 8.66. The number of hydrogen-bond donors (Lipinski definition) is 0. The Morgan fingerprint density at radius 2 is 0.964 bits per heavy atom. The number of halogens is 2. The van der Waals surface area contributed by atoms with Gasteiger partial charge in [-0.3, -0.25) is 0 Å². The molecule has 0 saturated carbocycles. The summed E-state index contributed by atoms with van der Waals surface area (Å²) >= 11 is 0. The molecule has 0 amide bonds. The molecule has 0 spiro atoms. The Morgan fingerprint density at radius 1 is 0.536 bits per heavy atom. The van der Waals surface area contributed by atoms with Gasteiger partial charge in [-0.15, -0.1) is 17.0 Å². The molecular formula is C25H23BrFP. The van der Waals surface area contributed by atoms with Gasteiger partial charge < -0.3 is 0 Å². The van der Waals surface area contributed by atoms with Crippen molar-refractivity contribution in [2.24, 2.45) is 0 Å². The molecule has 0 heterocycles. The second kappa shape index (κ2) is 9.28. The second-order valence-electron chi connectivity index (χ2n) is 6.81. The Balaban J connectivity index is 0.00000225. The third-order valence-electron chi connectivity index (χ3n) is 5.16. The third kappa shape index (κ3) is 4.09. The van der Waals surface area contributed by atoms with Crippen LogP contribution in [0.1, 0.15) is 5.56 Å². The van der Waals surface area contributed by atoms with Crippen LogP contribution in [0.2, 0.25) is 0 Å². The van der Waals surface area contributed by atoms with Gasteiger partial charge in [-0.1, -0.05) is 0 Å². The standard InChI is InChI=1S/C25H22FP.BrH/c26-22-12-10-11-21(19-22)20-27(23-13-4-1-5-14-23,24-15-6-2-7-16-24)25-17-8-3-9-18-25;/h1-19,27H,20H2;1H. The van der Waals surface area contributed by atoms with Crippen LogP contribution in [0.3, 0.4) is 0 Å². The summed E-state index contributed by atoms with van der Waals surface area (Å²) in [7, 11) is -2.35. The monoisotopic (exact) mass is 452 g/mol. The quantitative estimate of drug-likeness (QED) is 0.344. The first kappa shape index (κ1) is 20.5. The second-order valence-corrected chi connectivity index (χ2v) is 10.7. The van der Waals surface area contributed by atoms with Crippen molar-refractivity contribution in [2.45, 2.75) is 6.16 Å². The molecular weight excluding hydrogens is 430 g/mol. The van der Waals surface area contributed by atoms with Crippen LogP contribution in [0, 0.1) is 5.82 Å². The minimum absolute atomic E-state index is 0. The zero-order chi connectivity index (χ0) is 18.5. The van der Waals surface area contributed by atoms with Gasteiger partial charge >= 0.3 is 160 Å². The summed E-state index contributed by atoms with van der Waals surface area (Å²) < 4.78 is 14.0. The van der Waals surface area contributed by atoms with Crippen molar-refractivity contribution < 1.29 is 4.39 Å².